The van der Waals surface area contributed by atoms with Crippen LogP contribution < -0.4 is 4.74 Å². The van der Waals surface area contributed by atoms with Crippen LogP contribution in [0.3, 0.4) is 0 Å². The van der Waals surface area contributed by atoms with Crippen molar-refractivity contribution in [3.63, 3.8) is 0 Å². The van der Waals surface area contributed by atoms with Crippen LogP contribution in [0.4, 0.5) is 0 Å². The summed E-state index contributed by atoms with van der Waals surface area (Å²) in [6.07, 6.45) is 5.89. The Morgan fingerprint density at radius 1 is 1.19 bits per heavy atom. The second-order valence-electron chi connectivity index (χ2n) is 2.95. The molecule has 1 N–H and O–H groups in total. The van der Waals surface area contributed by atoms with E-state index in [1.165, 1.54) is 24.8 Å². The van der Waals surface area contributed by atoms with Crippen molar-refractivity contribution in [2.75, 3.05) is 0 Å². The van der Waals surface area contributed by atoms with Crippen molar-refractivity contribution in [1.29, 1.82) is 0 Å². The number of hydrogen-bond donors (Lipinski definition) is 1. The van der Waals surface area contributed by atoms with Gasteiger partial charge in [-0.1, -0.05) is 11.6 Å². The third-order valence-electron chi connectivity index (χ3n) is 1.75. The molecule has 0 saturated carbocycles. The average molecular weight is 238 g/mol. The van der Waals surface area contributed by atoms with E-state index in [9.17, 15) is 0 Å². The maximum absolute atomic E-state index is 8.78. The van der Waals surface area contributed by atoms with Gasteiger partial charge in [0.2, 0.25) is 5.88 Å². The largest absolute Gasteiger partial charge is 0.436 e. The van der Waals surface area contributed by atoms with Gasteiger partial charge < -0.3 is 9.84 Å². The Balaban J connectivity index is 2.14. The summed E-state index contributed by atoms with van der Waals surface area (Å²) in [6, 6.07) is 1.62. The maximum atomic E-state index is 8.78. The summed E-state index contributed by atoms with van der Waals surface area (Å²) in [7, 11) is 0. The van der Waals surface area contributed by atoms with Crippen LogP contribution in [-0.4, -0.2) is 20.1 Å². The minimum Gasteiger partial charge on any atom is -0.436 e. The molecule has 2 aromatic rings. The monoisotopic (exact) mass is 237 g/mol. The summed E-state index contributed by atoms with van der Waals surface area (Å²) in [5.74, 6) is 0.805. The number of nitrogens with zero attached hydrogens (tertiary/aromatic N) is 3. The molecule has 0 atom stereocenters. The van der Waals surface area contributed by atoms with E-state index in [-0.39, 0.29) is 6.61 Å². The van der Waals surface area contributed by atoms with Gasteiger partial charge in [-0.3, -0.25) is 9.97 Å². The molecule has 2 aromatic heterocycles. The van der Waals surface area contributed by atoms with Crippen LogP contribution in [0.25, 0.3) is 0 Å². The first-order chi connectivity index (χ1) is 7.78. The van der Waals surface area contributed by atoms with Crippen LogP contribution >= 0.6 is 11.6 Å². The van der Waals surface area contributed by atoms with Crippen LogP contribution in [0.2, 0.25) is 5.02 Å². The van der Waals surface area contributed by atoms with Crippen LogP contribution in [0.5, 0.6) is 11.6 Å². The Morgan fingerprint density at radius 2 is 2.06 bits per heavy atom. The molecule has 2 heterocycles. The number of aromatic nitrogens is 3. The molecule has 82 valence electrons. The van der Waals surface area contributed by atoms with Gasteiger partial charge in [0.25, 0.3) is 0 Å². The number of halogens is 1. The van der Waals surface area contributed by atoms with E-state index in [1.54, 1.807) is 6.07 Å². The highest BCUT2D eigenvalue weighted by atomic mass is 35.5. The van der Waals surface area contributed by atoms with Gasteiger partial charge in [-0.05, 0) is 0 Å². The number of hydrogen-bond acceptors (Lipinski definition) is 5. The second kappa shape index (κ2) is 4.87. The molecule has 0 fully saturated rings. The van der Waals surface area contributed by atoms with E-state index < -0.39 is 0 Å². The van der Waals surface area contributed by atoms with Crippen molar-refractivity contribution in [2.24, 2.45) is 0 Å². The predicted octanol–water partition coefficient (Wildman–Crippen LogP) is 1.81. The quantitative estimate of drug-likeness (QED) is 0.882. The first-order valence-electron chi connectivity index (χ1n) is 4.48. The second-order valence-corrected chi connectivity index (χ2v) is 3.38. The highest BCUT2D eigenvalue weighted by molar-refractivity contribution is 6.30. The maximum Gasteiger partial charge on any atom is 0.237 e. The highest BCUT2D eigenvalue weighted by Gasteiger charge is 2.01. The van der Waals surface area contributed by atoms with Crippen molar-refractivity contribution in [2.45, 2.75) is 6.61 Å². The number of aliphatic hydroxyl groups is 1. The van der Waals surface area contributed by atoms with Gasteiger partial charge in [0.05, 0.1) is 35.9 Å². The molecule has 6 heteroatoms. The first-order valence-corrected chi connectivity index (χ1v) is 4.86. The third-order valence-corrected chi connectivity index (χ3v) is 1.95. The minimum absolute atomic E-state index is 0.147. The number of rotatable bonds is 3. The zero-order valence-electron chi connectivity index (χ0n) is 8.17. The fraction of sp³-hybridized carbons (Fsp3) is 0.100. The van der Waals surface area contributed by atoms with Gasteiger partial charge >= 0.3 is 0 Å². The van der Waals surface area contributed by atoms with E-state index >= 15 is 0 Å². The van der Waals surface area contributed by atoms with Crippen molar-refractivity contribution >= 4 is 11.6 Å². The Hall–Kier alpha value is -1.72. The lowest BCUT2D eigenvalue weighted by Crippen LogP contribution is -1.93. The molecular formula is C10H8ClN3O2. The standard InChI is InChI=1S/C10H8ClN3O2/c11-7-1-9(4-12-2-7)16-10-5-13-8(6-15)3-14-10/h1-5,15H,6H2. The Bertz CT molecular complexity index is 476. The van der Waals surface area contributed by atoms with E-state index in [2.05, 4.69) is 15.0 Å². The van der Waals surface area contributed by atoms with Gasteiger partial charge in [-0.15, -0.1) is 0 Å². The molecule has 0 aromatic carbocycles. The molecule has 2 rings (SSSR count). The van der Waals surface area contributed by atoms with E-state index in [0.717, 1.165) is 0 Å². The molecule has 0 amide bonds. The van der Waals surface area contributed by atoms with E-state index in [4.69, 9.17) is 21.4 Å². The molecular weight excluding hydrogens is 230 g/mol. The van der Waals surface area contributed by atoms with Crippen molar-refractivity contribution in [3.8, 4) is 11.6 Å². The molecule has 0 aliphatic carbocycles. The summed E-state index contributed by atoms with van der Waals surface area (Å²) in [6.45, 7) is -0.147. The molecule has 0 spiro atoms. The SMILES string of the molecule is OCc1cnc(Oc2cncc(Cl)c2)cn1. The smallest absolute Gasteiger partial charge is 0.237 e. The Labute approximate surface area is 96.7 Å². The summed E-state index contributed by atoms with van der Waals surface area (Å²) in [5, 5.41) is 9.27. The van der Waals surface area contributed by atoms with Crippen LogP contribution in [0, 0.1) is 0 Å². The fourth-order valence-electron chi connectivity index (χ4n) is 1.05. The molecule has 5 nitrogen and oxygen atoms in total. The predicted molar refractivity (Wildman–Crippen MR) is 57.3 cm³/mol. The lowest BCUT2D eigenvalue weighted by molar-refractivity contribution is 0.276. The molecule has 16 heavy (non-hydrogen) atoms. The number of pyridine rings is 1. The lowest BCUT2D eigenvalue weighted by Gasteiger charge is -2.03. The summed E-state index contributed by atoms with van der Waals surface area (Å²) >= 11 is 5.75. The van der Waals surface area contributed by atoms with Crippen LogP contribution in [0.15, 0.2) is 30.9 Å². The molecule has 0 unspecified atom stereocenters. The average Bonchev–Trinajstić information content (AvgIpc) is 2.30. The van der Waals surface area contributed by atoms with Crippen molar-refractivity contribution < 1.29 is 9.84 Å². The van der Waals surface area contributed by atoms with Gasteiger partial charge in [-0.2, -0.15) is 0 Å². The summed E-state index contributed by atoms with van der Waals surface area (Å²) in [5.41, 5.74) is 0.483. The number of aliphatic hydroxyl groups excluding tert-OH is 1. The number of ether oxygens (including phenoxy) is 1. The molecule has 0 radical (unpaired) electrons. The van der Waals surface area contributed by atoms with E-state index in [1.807, 2.05) is 0 Å². The fourth-order valence-corrected chi connectivity index (χ4v) is 1.21. The van der Waals surface area contributed by atoms with Crippen molar-refractivity contribution in [1.82, 2.24) is 15.0 Å². The zero-order chi connectivity index (χ0) is 11.4. The molecule has 0 bridgehead atoms. The third kappa shape index (κ3) is 2.65. The Kier molecular flexibility index (Phi) is 3.28. The topological polar surface area (TPSA) is 68.1 Å². The summed E-state index contributed by atoms with van der Waals surface area (Å²) in [4.78, 5) is 11.8. The molecule has 0 aliphatic heterocycles. The zero-order valence-corrected chi connectivity index (χ0v) is 8.92. The Morgan fingerprint density at radius 3 is 2.69 bits per heavy atom. The normalized spacial score (nSPS) is 10.1. The molecule has 0 saturated heterocycles. The lowest BCUT2D eigenvalue weighted by atomic mass is 10.4. The van der Waals surface area contributed by atoms with Crippen LogP contribution in [-0.2, 0) is 6.61 Å². The van der Waals surface area contributed by atoms with Gasteiger partial charge in [-0.25, -0.2) is 4.98 Å². The van der Waals surface area contributed by atoms with E-state index in [0.29, 0.717) is 22.3 Å². The van der Waals surface area contributed by atoms with Gasteiger partial charge in [0.1, 0.15) is 5.75 Å². The van der Waals surface area contributed by atoms with Gasteiger partial charge in [0.15, 0.2) is 0 Å². The van der Waals surface area contributed by atoms with Crippen LogP contribution in [0.1, 0.15) is 5.69 Å². The highest BCUT2D eigenvalue weighted by Crippen LogP contribution is 2.20. The minimum atomic E-state index is -0.147. The summed E-state index contributed by atoms with van der Waals surface area (Å²) < 4.78 is 5.36. The van der Waals surface area contributed by atoms with Crippen molar-refractivity contribution in [3.05, 3.63) is 41.6 Å². The molecule has 0 aliphatic rings. The van der Waals surface area contributed by atoms with Gasteiger partial charge in [0, 0.05) is 12.3 Å². The first kappa shape index (κ1) is 10.8.